The predicted molar refractivity (Wildman–Crippen MR) is 41.9 cm³/mol. The third-order valence-corrected chi connectivity index (χ3v) is 1.52. The lowest BCUT2D eigenvalue weighted by molar-refractivity contribution is 0.0858. The van der Waals surface area contributed by atoms with E-state index in [1.54, 1.807) is 0 Å². The summed E-state index contributed by atoms with van der Waals surface area (Å²) in [6.45, 7) is 0.0656. The van der Waals surface area contributed by atoms with Crippen LogP contribution in [0.4, 0.5) is 8.78 Å². The average molecular weight is 189 g/mol. The summed E-state index contributed by atoms with van der Waals surface area (Å²) in [5.41, 5.74) is 2.52. The lowest BCUT2D eigenvalue weighted by atomic mass is 10.2. The van der Waals surface area contributed by atoms with E-state index in [-0.39, 0.29) is 12.1 Å². The molecule has 5 heteroatoms. The zero-order valence-electron chi connectivity index (χ0n) is 6.97. The number of nitrogens with one attached hydrogen (secondary N) is 1. The standard InChI is InChI=1S/C8H9F2NO2/c1-13-11-4-5-2-8(12)7(10)3-6(5)9/h2-3,11-12H,4H2,1H3. The number of phenolic OH excluding ortho intramolecular Hbond substituents is 1. The van der Waals surface area contributed by atoms with Crippen LogP contribution in [0.3, 0.4) is 0 Å². The topological polar surface area (TPSA) is 41.5 Å². The SMILES string of the molecule is CONCc1cc(O)c(F)cc1F. The van der Waals surface area contributed by atoms with Crippen LogP contribution in [0.1, 0.15) is 5.56 Å². The highest BCUT2D eigenvalue weighted by atomic mass is 19.1. The van der Waals surface area contributed by atoms with Crippen molar-refractivity contribution in [1.82, 2.24) is 5.48 Å². The molecule has 0 spiro atoms. The van der Waals surface area contributed by atoms with Crippen molar-refractivity contribution in [2.75, 3.05) is 7.11 Å². The summed E-state index contributed by atoms with van der Waals surface area (Å²) in [5.74, 6) is -2.27. The Hall–Kier alpha value is -1.20. The van der Waals surface area contributed by atoms with Crippen LogP contribution in [-0.4, -0.2) is 12.2 Å². The smallest absolute Gasteiger partial charge is 0.167 e. The molecule has 2 N–H and O–H groups in total. The highest BCUT2D eigenvalue weighted by Gasteiger charge is 2.08. The summed E-state index contributed by atoms with van der Waals surface area (Å²) in [7, 11) is 1.38. The second kappa shape index (κ2) is 4.15. The number of halogens is 2. The lowest BCUT2D eigenvalue weighted by Gasteiger charge is -2.04. The van der Waals surface area contributed by atoms with Gasteiger partial charge in [-0.25, -0.2) is 8.78 Å². The first-order chi connectivity index (χ1) is 6.15. The minimum Gasteiger partial charge on any atom is -0.505 e. The Bertz CT molecular complexity index is 304. The van der Waals surface area contributed by atoms with E-state index in [0.717, 1.165) is 6.07 Å². The number of hydroxylamine groups is 1. The molecule has 1 aromatic rings. The lowest BCUT2D eigenvalue weighted by Crippen LogP contribution is -2.12. The van der Waals surface area contributed by atoms with Crippen molar-refractivity contribution in [2.24, 2.45) is 0 Å². The number of phenols is 1. The van der Waals surface area contributed by atoms with Crippen LogP contribution in [0.25, 0.3) is 0 Å². The van der Waals surface area contributed by atoms with E-state index < -0.39 is 17.4 Å². The van der Waals surface area contributed by atoms with Gasteiger partial charge in [0.15, 0.2) is 11.6 Å². The number of rotatable bonds is 3. The molecule has 3 nitrogen and oxygen atoms in total. The van der Waals surface area contributed by atoms with Crippen molar-refractivity contribution in [2.45, 2.75) is 6.54 Å². The largest absolute Gasteiger partial charge is 0.505 e. The maximum Gasteiger partial charge on any atom is 0.167 e. The van der Waals surface area contributed by atoms with Gasteiger partial charge < -0.3 is 9.94 Å². The molecule has 0 aliphatic rings. The van der Waals surface area contributed by atoms with Crippen molar-refractivity contribution in [3.63, 3.8) is 0 Å². The molecule has 72 valence electrons. The first kappa shape index (κ1) is 9.88. The van der Waals surface area contributed by atoms with E-state index in [1.807, 2.05) is 0 Å². The molecule has 0 fully saturated rings. The van der Waals surface area contributed by atoms with Gasteiger partial charge in [-0.1, -0.05) is 0 Å². The van der Waals surface area contributed by atoms with Gasteiger partial charge in [-0.2, -0.15) is 5.48 Å². The van der Waals surface area contributed by atoms with Gasteiger partial charge in [0.1, 0.15) is 5.82 Å². The maximum absolute atomic E-state index is 12.9. The number of benzene rings is 1. The second-order valence-electron chi connectivity index (χ2n) is 2.42. The van der Waals surface area contributed by atoms with Gasteiger partial charge in [-0.05, 0) is 6.07 Å². The highest BCUT2D eigenvalue weighted by molar-refractivity contribution is 5.30. The van der Waals surface area contributed by atoms with Crippen LogP contribution in [0, 0.1) is 11.6 Å². The Balaban J connectivity index is 2.88. The monoisotopic (exact) mass is 189 g/mol. The molecule has 0 atom stereocenters. The fourth-order valence-electron chi connectivity index (χ4n) is 0.866. The van der Waals surface area contributed by atoms with Crippen molar-refractivity contribution in [1.29, 1.82) is 0 Å². The average Bonchev–Trinajstić information content (AvgIpc) is 2.09. The maximum atomic E-state index is 12.9. The molecule has 0 radical (unpaired) electrons. The van der Waals surface area contributed by atoms with Crippen molar-refractivity contribution in [3.8, 4) is 5.75 Å². The highest BCUT2D eigenvalue weighted by Crippen LogP contribution is 2.19. The molecule has 0 unspecified atom stereocenters. The van der Waals surface area contributed by atoms with Gasteiger partial charge in [0.2, 0.25) is 0 Å². The number of hydrogen-bond donors (Lipinski definition) is 2. The first-order valence-electron chi connectivity index (χ1n) is 3.58. The Labute approximate surface area is 73.9 Å². The first-order valence-corrected chi connectivity index (χ1v) is 3.58. The van der Waals surface area contributed by atoms with E-state index in [4.69, 9.17) is 5.11 Å². The van der Waals surface area contributed by atoms with Crippen molar-refractivity contribution in [3.05, 3.63) is 29.3 Å². The fourth-order valence-corrected chi connectivity index (χ4v) is 0.866. The zero-order chi connectivity index (χ0) is 9.84. The minimum absolute atomic E-state index is 0.0656. The summed E-state index contributed by atoms with van der Waals surface area (Å²) in [4.78, 5) is 4.48. The summed E-state index contributed by atoms with van der Waals surface area (Å²) < 4.78 is 25.4. The third-order valence-electron chi connectivity index (χ3n) is 1.52. The summed E-state index contributed by atoms with van der Waals surface area (Å²) in [6.07, 6.45) is 0. The Morgan fingerprint density at radius 2 is 2.08 bits per heavy atom. The van der Waals surface area contributed by atoms with Crippen LogP contribution < -0.4 is 5.48 Å². The van der Waals surface area contributed by atoms with E-state index in [1.165, 1.54) is 7.11 Å². The van der Waals surface area contributed by atoms with E-state index >= 15 is 0 Å². The molecule has 0 amide bonds. The van der Waals surface area contributed by atoms with E-state index in [0.29, 0.717) is 6.07 Å². The fraction of sp³-hybridized carbons (Fsp3) is 0.250. The molecule has 0 aliphatic carbocycles. The summed E-state index contributed by atoms with van der Waals surface area (Å²) >= 11 is 0. The molecule has 0 saturated heterocycles. The van der Waals surface area contributed by atoms with Gasteiger partial charge >= 0.3 is 0 Å². The van der Waals surface area contributed by atoms with Crippen LogP contribution in [0.2, 0.25) is 0 Å². The number of hydrogen-bond acceptors (Lipinski definition) is 3. The Morgan fingerprint density at radius 3 is 2.69 bits per heavy atom. The second-order valence-corrected chi connectivity index (χ2v) is 2.42. The molecule has 0 bridgehead atoms. The third kappa shape index (κ3) is 2.37. The van der Waals surface area contributed by atoms with Crippen LogP contribution in [-0.2, 0) is 11.4 Å². The Morgan fingerprint density at radius 1 is 1.38 bits per heavy atom. The van der Waals surface area contributed by atoms with E-state index in [2.05, 4.69) is 10.3 Å². The molecule has 13 heavy (non-hydrogen) atoms. The van der Waals surface area contributed by atoms with E-state index in [9.17, 15) is 8.78 Å². The van der Waals surface area contributed by atoms with Gasteiger partial charge in [0, 0.05) is 18.2 Å². The minimum atomic E-state index is -0.973. The van der Waals surface area contributed by atoms with Crippen molar-refractivity contribution < 1.29 is 18.7 Å². The van der Waals surface area contributed by atoms with Gasteiger partial charge in [0.25, 0.3) is 0 Å². The predicted octanol–water partition coefficient (Wildman–Crippen LogP) is 1.32. The molecule has 0 aliphatic heterocycles. The molecular weight excluding hydrogens is 180 g/mol. The Kier molecular flexibility index (Phi) is 3.16. The molecule has 1 aromatic carbocycles. The normalized spacial score (nSPS) is 10.4. The molecule has 0 saturated carbocycles. The molecule has 1 rings (SSSR count). The number of aromatic hydroxyl groups is 1. The molecular formula is C8H9F2NO2. The van der Waals surface area contributed by atoms with Crippen molar-refractivity contribution >= 4 is 0 Å². The van der Waals surface area contributed by atoms with Gasteiger partial charge in [-0.15, -0.1) is 0 Å². The molecule has 0 heterocycles. The summed E-state index contributed by atoms with van der Waals surface area (Å²) in [6, 6.07) is 1.64. The van der Waals surface area contributed by atoms with Gasteiger partial charge in [-0.3, -0.25) is 0 Å². The van der Waals surface area contributed by atoms with Crippen LogP contribution >= 0.6 is 0 Å². The quantitative estimate of drug-likeness (QED) is 0.704. The zero-order valence-corrected chi connectivity index (χ0v) is 6.97. The van der Waals surface area contributed by atoms with Gasteiger partial charge in [0.05, 0.1) is 7.11 Å². The molecule has 0 aromatic heterocycles. The van der Waals surface area contributed by atoms with Crippen LogP contribution in [0.15, 0.2) is 12.1 Å². The van der Waals surface area contributed by atoms with Crippen LogP contribution in [0.5, 0.6) is 5.75 Å². The summed E-state index contributed by atoms with van der Waals surface area (Å²) in [5, 5.41) is 8.91.